The number of hydrogen-bond acceptors (Lipinski definition) is 2. The van der Waals surface area contributed by atoms with E-state index in [1.165, 1.54) is 12.1 Å². The lowest BCUT2D eigenvalue weighted by Crippen LogP contribution is -2.25. The fraction of sp³-hybridized carbons (Fsp3) is 0.308. The minimum absolute atomic E-state index is 0.145. The van der Waals surface area contributed by atoms with Gasteiger partial charge < -0.3 is 5.32 Å². The van der Waals surface area contributed by atoms with Gasteiger partial charge in [-0.25, -0.2) is 0 Å². The molecule has 0 atom stereocenters. The van der Waals surface area contributed by atoms with Crippen molar-refractivity contribution in [1.29, 1.82) is 0 Å². The average molecular weight is 255 g/mol. The van der Waals surface area contributed by atoms with Gasteiger partial charge in [0, 0.05) is 25.1 Å². The van der Waals surface area contributed by atoms with E-state index in [0.29, 0.717) is 24.9 Å². The van der Waals surface area contributed by atoms with Gasteiger partial charge in [-0.1, -0.05) is 12.1 Å². The SMILES string of the molecule is O=C1CCN/C(=C/c2ccc(C(F)(F)F)cc2)C1. The molecular formula is C13H12F3NO. The summed E-state index contributed by atoms with van der Waals surface area (Å²) in [5.41, 5.74) is 0.739. The van der Waals surface area contributed by atoms with Gasteiger partial charge in [-0.3, -0.25) is 4.79 Å². The van der Waals surface area contributed by atoms with Crippen molar-refractivity contribution < 1.29 is 18.0 Å². The van der Waals surface area contributed by atoms with Crippen LogP contribution in [0.25, 0.3) is 6.08 Å². The zero-order valence-corrected chi connectivity index (χ0v) is 9.55. The Balaban J connectivity index is 2.15. The highest BCUT2D eigenvalue weighted by atomic mass is 19.4. The number of carbonyl (C=O) groups is 1. The molecule has 0 aromatic heterocycles. The summed E-state index contributed by atoms with van der Waals surface area (Å²) in [7, 11) is 0. The fourth-order valence-corrected chi connectivity index (χ4v) is 1.80. The van der Waals surface area contributed by atoms with Crippen LogP contribution in [0.3, 0.4) is 0 Å². The molecule has 0 radical (unpaired) electrons. The molecule has 1 N–H and O–H groups in total. The molecular weight excluding hydrogens is 243 g/mol. The van der Waals surface area contributed by atoms with Crippen molar-refractivity contribution in [1.82, 2.24) is 5.32 Å². The van der Waals surface area contributed by atoms with E-state index in [1.54, 1.807) is 6.08 Å². The molecule has 1 aliphatic rings. The molecule has 2 rings (SSSR count). The largest absolute Gasteiger partial charge is 0.416 e. The van der Waals surface area contributed by atoms with Crippen molar-refractivity contribution in [3.8, 4) is 0 Å². The highest BCUT2D eigenvalue weighted by Gasteiger charge is 2.29. The van der Waals surface area contributed by atoms with Crippen molar-refractivity contribution in [3.63, 3.8) is 0 Å². The van der Waals surface area contributed by atoms with E-state index in [4.69, 9.17) is 0 Å². The Hall–Kier alpha value is -1.78. The van der Waals surface area contributed by atoms with E-state index in [9.17, 15) is 18.0 Å². The molecule has 5 heteroatoms. The van der Waals surface area contributed by atoms with Gasteiger partial charge in [-0.15, -0.1) is 0 Å². The number of rotatable bonds is 1. The van der Waals surface area contributed by atoms with Gasteiger partial charge in [-0.2, -0.15) is 13.2 Å². The first-order chi connectivity index (χ1) is 8.45. The lowest BCUT2D eigenvalue weighted by molar-refractivity contribution is -0.137. The molecule has 0 bridgehead atoms. The Morgan fingerprint density at radius 3 is 2.39 bits per heavy atom. The lowest BCUT2D eigenvalue weighted by atomic mass is 10.0. The predicted octanol–water partition coefficient (Wildman–Crippen LogP) is 3.00. The van der Waals surface area contributed by atoms with Crippen molar-refractivity contribution in [2.24, 2.45) is 0 Å². The van der Waals surface area contributed by atoms with E-state index in [2.05, 4.69) is 5.32 Å². The van der Waals surface area contributed by atoms with Crippen LogP contribution in [0.1, 0.15) is 24.0 Å². The number of carbonyl (C=O) groups excluding carboxylic acids is 1. The Labute approximate surface area is 102 Å². The van der Waals surface area contributed by atoms with E-state index < -0.39 is 11.7 Å². The van der Waals surface area contributed by atoms with Gasteiger partial charge in [0.25, 0.3) is 0 Å². The molecule has 96 valence electrons. The average Bonchev–Trinajstić information content (AvgIpc) is 2.28. The maximum absolute atomic E-state index is 12.4. The molecule has 2 nitrogen and oxygen atoms in total. The van der Waals surface area contributed by atoms with Crippen molar-refractivity contribution in [2.75, 3.05) is 6.54 Å². The van der Waals surface area contributed by atoms with Gasteiger partial charge >= 0.3 is 6.18 Å². The third kappa shape index (κ3) is 3.12. The number of nitrogens with one attached hydrogen (secondary N) is 1. The zero-order valence-electron chi connectivity index (χ0n) is 9.55. The molecule has 1 aromatic carbocycles. The molecule has 0 saturated carbocycles. The van der Waals surface area contributed by atoms with E-state index in [-0.39, 0.29) is 5.78 Å². The van der Waals surface area contributed by atoms with Crippen LogP contribution in [0.15, 0.2) is 30.0 Å². The second kappa shape index (κ2) is 4.84. The second-order valence-corrected chi connectivity index (χ2v) is 4.18. The number of ketones is 1. The number of Topliss-reactive ketones (excluding diaryl/α,β-unsaturated/α-hetero) is 1. The van der Waals surface area contributed by atoms with Crippen molar-refractivity contribution in [2.45, 2.75) is 19.0 Å². The van der Waals surface area contributed by atoms with Crippen LogP contribution in [0, 0.1) is 0 Å². The summed E-state index contributed by atoms with van der Waals surface area (Å²) in [6.07, 6.45) is -1.78. The summed E-state index contributed by atoms with van der Waals surface area (Å²) >= 11 is 0. The minimum Gasteiger partial charge on any atom is -0.388 e. The Morgan fingerprint density at radius 2 is 1.83 bits per heavy atom. The monoisotopic (exact) mass is 255 g/mol. The molecule has 18 heavy (non-hydrogen) atoms. The van der Waals surface area contributed by atoms with E-state index in [1.807, 2.05) is 0 Å². The predicted molar refractivity (Wildman–Crippen MR) is 61.7 cm³/mol. The van der Waals surface area contributed by atoms with Gasteiger partial charge in [0.2, 0.25) is 0 Å². The molecule has 0 unspecified atom stereocenters. The van der Waals surface area contributed by atoms with Crippen LogP contribution < -0.4 is 5.32 Å². The quantitative estimate of drug-likeness (QED) is 0.835. The van der Waals surface area contributed by atoms with Crippen LogP contribution >= 0.6 is 0 Å². The van der Waals surface area contributed by atoms with Gasteiger partial charge in [-0.05, 0) is 23.8 Å². The zero-order chi connectivity index (χ0) is 13.2. The summed E-state index contributed by atoms with van der Waals surface area (Å²) in [4.78, 5) is 11.2. The Kier molecular flexibility index (Phi) is 3.41. The number of alkyl halides is 3. The van der Waals surface area contributed by atoms with Crippen LogP contribution in [0.5, 0.6) is 0 Å². The summed E-state index contributed by atoms with van der Waals surface area (Å²) in [5.74, 6) is 0.145. The molecule has 0 amide bonds. The van der Waals surface area contributed by atoms with Gasteiger partial charge in [0.15, 0.2) is 0 Å². The molecule has 1 aromatic rings. The maximum atomic E-state index is 12.4. The first-order valence-corrected chi connectivity index (χ1v) is 5.58. The molecule has 0 aliphatic carbocycles. The Morgan fingerprint density at radius 1 is 1.17 bits per heavy atom. The normalized spacial score (nSPS) is 18.8. The Bertz CT molecular complexity index is 474. The van der Waals surface area contributed by atoms with Crippen LogP contribution in [0.4, 0.5) is 13.2 Å². The maximum Gasteiger partial charge on any atom is 0.416 e. The highest BCUT2D eigenvalue weighted by molar-refractivity contribution is 5.83. The van der Waals surface area contributed by atoms with Crippen LogP contribution in [-0.2, 0) is 11.0 Å². The second-order valence-electron chi connectivity index (χ2n) is 4.18. The van der Waals surface area contributed by atoms with Crippen LogP contribution in [-0.4, -0.2) is 12.3 Å². The lowest BCUT2D eigenvalue weighted by Gasteiger charge is -2.15. The van der Waals surface area contributed by atoms with E-state index in [0.717, 1.165) is 17.8 Å². The summed E-state index contributed by atoms with van der Waals surface area (Å²) in [5, 5.41) is 3.06. The van der Waals surface area contributed by atoms with Gasteiger partial charge in [0.1, 0.15) is 5.78 Å². The standard InChI is InChI=1S/C13H12F3NO/c14-13(15,16)10-3-1-9(2-4-10)7-11-8-12(18)5-6-17-11/h1-4,7,17H,5-6,8H2/b11-7+. The first kappa shape index (κ1) is 12.7. The van der Waals surface area contributed by atoms with E-state index >= 15 is 0 Å². The number of allylic oxidation sites excluding steroid dienone is 1. The summed E-state index contributed by atoms with van der Waals surface area (Å²) in [6.45, 7) is 0.589. The van der Waals surface area contributed by atoms with Crippen LogP contribution in [0.2, 0.25) is 0 Å². The number of piperidine rings is 1. The first-order valence-electron chi connectivity index (χ1n) is 5.58. The molecule has 1 saturated heterocycles. The van der Waals surface area contributed by atoms with Gasteiger partial charge in [0.05, 0.1) is 5.56 Å². The third-order valence-corrected chi connectivity index (χ3v) is 2.72. The number of hydrogen-bond donors (Lipinski definition) is 1. The molecule has 1 fully saturated rings. The van der Waals surface area contributed by atoms with Crippen molar-refractivity contribution in [3.05, 3.63) is 41.1 Å². The smallest absolute Gasteiger partial charge is 0.388 e. The molecule has 0 spiro atoms. The number of benzene rings is 1. The number of halogens is 3. The highest BCUT2D eigenvalue weighted by Crippen LogP contribution is 2.29. The minimum atomic E-state index is -4.31. The third-order valence-electron chi connectivity index (χ3n) is 2.72. The molecule has 1 heterocycles. The van der Waals surface area contributed by atoms with Crippen molar-refractivity contribution >= 4 is 11.9 Å². The topological polar surface area (TPSA) is 29.1 Å². The summed E-state index contributed by atoms with van der Waals surface area (Å²) in [6, 6.07) is 4.88. The fourth-order valence-electron chi connectivity index (χ4n) is 1.80. The summed E-state index contributed by atoms with van der Waals surface area (Å²) < 4.78 is 37.1. The molecule has 1 aliphatic heterocycles.